The van der Waals surface area contributed by atoms with Crippen molar-refractivity contribution in [3.05, 3.63) is 42.9 Å². The first-order valence-corrected chi connectivity index (χ1v) is 6.11. The summed E-state index contributed by atoms with van der Waals surface area (Å²) < 4.78 is 10.6. The molecule has 2 heterocycles. The van der Waals surface area contributed by atoms with Crippen LogP contribution in [-0.2, 0) is 0 Å². The number of nitrogens with zero attached hydrogens (tertiary/aromatic N) is 3. The van der Waals surface area contributed by atoms with E-state index in [-0.39, 0.29) is 0 Å². The Bertz CT molecular complexity index is 759. The largest absolute Gasteiger partial charge is 0.481 e. The first-order valence-electron chi connectivity index (χ1n) is 6.11. The van der Waals surface area contributed by atoms with Crippen LogP contribution in [0.2, 0.25) is 0 Å². The van der Waals surface area contributed by atoms with E-state index in [1.165, 1.54) is 6.33 Å². The zero-order chi connectivity index (χ0) is 13.9. The lowest BCUT2D eigenvalue weighted by molar-refractivity contribution is 0.399. The number of aromatic nitrogens is 3. The van der Waals surface area contributed by atoms with Gasteiger partial charge in [0.1, 0.15) is 6.33 Å². The number of rotatable bonds is 3. The van der Waals surface area contributed by atoms with Crippen LogP contribution >= 0.6 is 0 Å². The molecular formula is C15H13N3O2. The third-order valence-electron chi connectivity index (χ3n) is 3.07. The zero-order valence-corrected chi connectivity index (χ0v) is 11.2. The average Bonchev–Trinajstić information content (AvgIpc) is 2.53. The lowest BCUT2D eigenvalue weighted by Crippen LogP contribution is -1.93. The molecule has 0 bridgehead atoms. The zero-order valence-electron chi connectivity index (χ0n) is 11.2. The highest BCUT2D eigenvalue weighted by molar-refractivity contribution is 5.88. The second-order valence-corrected chi connectivity index (χ2v) is 4.18. The molecule has 0 radical (unpaired) electrons. The summed E-state index contributed by atoms with van der Waals surface area (Å²) in [7, 11) is 3.20. The van der Waals surface area contributed by atoms with Crippen molar-refractivity contribution in [2.45, 2.75) is 0 Å². The molecule has 2 aromatic heterocycles. The van der Waals surface area contributed by atoms with Gasteiger partial charge >= 0.3 is 0 Å². The first kappa shape index (κ1) is 12.3. The van der Waals surface area contributed by atoms with Crippen LogP contribution in [-0.4, -0.2) is 29.2 Å². The molecule has 0 saturated heterocycles. The molecule has 0 spiro atoms. The highest BCUT2D eigenvalue weighted by Gasteiger charge is 2.10. The number of hydrogen-bond donors (Lipinski definition) is 0. The molecule has 0 atom stereocenters. The van der Waals surface area contributed by atoms with Crippen LogP contribution in [0.4, 0.5) is 0 Å². The van der Waals surface area contributed by atoms with Gasteiger partial charge < -0.3 is 9.47 Å². The molecule has 0 aliphatic rings. The highest BCUT2D eigenvalue weighted by atomic mass is 16.5. The van der Waals surface area contributed by atoms with Crippen LogP contribution in [0.1, 0.15) is 0 Å². The van der Waals surface area contributed by atoms with E-state index in [2.05, 4.69) is 15.0 Å². The van der Waals surface area contributed by atoms with Crippen LogP contribution in [0.3, 0.4) is 0 Å². The van der Waals surface area contributed by atoms with Crippen molar-refractivity contribution in [3.8, 4) is 22.9 Å². The maximum absolute atomic E-state index is 5.29. The molecule has 0 N–H and O–H groups in total. The number of benzene rings is 1. The Morgan fingerprint density at radius 3 is 2.55 bits per heavy atom. The molecular weight excluding hydrogens is 254 g/mol. The van der Waals surface area contributed by atoms with E-state index in [4.69, 9.17) is 9.47 Å². The third-order valence-corrected chi connectivity index (χ3v) is 3.07. The maximum Gasteiger partial charge on any atom is 0.224 e. The molecule has 5 nitrogen and oxygen atoms in total. The molecule has 0 aliphatic heterocycles. The fourth-order valence-corrected chi connectivity index (χ4v) is 2.14. The lowest BCUT2D eigenvalue weighted by atomic mass is 10.0. The third kappa shape index (κ3) is 2.03. The monoisotopic (exact) mass is 267 g/mol. The van der Waals surface area contributed by atoms with E-state index in [0.29, 0.717) is 11.8 Å². The predicted octanol–water partition coefficient (Wildman–Crippen LogP) is 2.71. The topological polar surface area (TPSA) is 57.1 Å². The smallest absolute Gasteiger partial charge is 0.224 e. The molecule has 5 heteroatoms. The van der Waals surface area contributed by atoms with Gasteiger partial charge in [0.2, 0.25) is 11.8 Å². The summed E-state index contributed by atoms with van der Waals surface area (Å²) in [5.74, 6) is 1.14. The van der Waals surface area contributed by atoms with Crippen LogP contribution < -0.4 is 9.47 Å². The SMILES string of the molecule is COc1ncccc1-c1ccc2ncnc(OC)c2c1. The number of pyridine rings is 1. The van der Waals surface area contributed by atoms with E-state index in [1.807, 2.05) is 30.3 Å². The van der Waals surface area contributed by atoms with Gasteiger partial charge in [-0.3, -0.25) is 0 Å². The van der Waals surface area contributed by atoms with E-state index in [1.54, 1.807) is 20.4 Å². The van der Waals surface area contributed by atoms with Crippen molar-refractivity contribution in [2.24, 2.45) is 0 Å². The Hall–Kier alpha value is -2.69. The van der Waals surface area contributed by atoms with E-state index < -0.39 is 0 Å². The summed E-state index contributed by atoms with van der Waals surface area (Å²) in [4.78, 5) is 12.6. The van der Waals surface area contributed by atoms with Crippen molar-refractivity contribution in [3.63, 3.8) is 0 Å². The van der Waals surface area contributed by atoms with Gasteiger partial charge in [0, 0.05) is 11.8 Å². The number of fused-ring (bicyclic) bond motifs is 1. The minimum absolute atomic E-state index is 0.555. The molecule has 1 aromatic carbocycles. The Morgan fingerprint density at radius 2 is 1.75 bits per heavy atom. The van der Waals surface area contributed by atoms with Crippen molar-refractivity contribution in [1.29, 1.82) is 0 Å². The van der Waals surface area contributed by atoms with Crippen molar-refractivity contribution in [1.82, 2.24) is 15.0 Å². The predicted molar refractivity (Wildman–Crippen MR) is 75.9 cm³/mol. The summed E-state index contributed by atoms with van der Waals surface area (Å²) >= 11 is 0. The second-order valence-electron chi connectivity index (χ2n) is 4.18. The van der Waals surface area contributed by atoms with Gasteiger partial charge in [0.05, 0.1) is 25.1 Å². The Balaban J connectivity index is 2.22. The molecule has 100 valence electrons. The van der Waals surface area contributed by atoms with E-state index in [0.717, 1.165) is 22.0 Å². The quantitative estimate of drug-likeness (QED) is 0.730. The van der Waals surface area contributed by atoms with E-state index in [9.17, 15) is 0 Å². The maximum atomic E-state index is 5.29. The Kier molecular flexibility index (Phi) is 3.16. The van der Waals surface area contributed by atoms with Gasteiger partial charge in [-0.15, -0.1) is 0 Å². The Morgan fingerprint density at radius 1 is 0.900 bits per heavy atom. The molecule has 0 fully saturated rings. The standard InChI is InChI=1S/C15H13N3O2/c1-19-14-11(4-3-7-16-14)10-5-6-13-12(8-10)15(20-2)18-9-17-13/h3-9H,1-2H3. The van der Waals surface area contributed by atoms with Gasteiger partial charge in [-0.1, -0.05) is 6.07 Å². The van der Waals surface area contributed by atoms with Crippen molar-refractivity contribution >= 4 is 10.9 Å². The van der Waals surface area contributed by atoms with Gasteiger partial charge in [-0.25, -0.2) is 15.0 Å². The fraction of sp³-hybridized carbons (Fsp3) is 0.133. The highest BCUT2D eigenvalue weighted by Crippen LogP contribution is 2.31. The summed E-state index contributed by atoms with van der Waals surface area (Å²) in [6.45, 7) is 0. The average molecular weight is 267 g/mol. The van der Waals surface area contributed by atoms with Crippen LogP contribution in [0.15, 0.2) is 42.9 Å². The summed E-state index contributed by atoms with van der Waals surface area (Å²) in [5.41, 5.74) is 2.74. The molecule has 0 amide bonds. The van der Waals surface area contributed by atoms with Crippen molar-refractivity contribution in [2.75, 3.05) is 14.2 Å². The number of methoxy groups -OCH3 is 2. The molecule has 20 heavy (non-hydrogen) atoms. The fourth-order valence-electron chi connectivity index (χ4n) is 2.14. The minimum atomic E-state index is 0.555. The van der Waals surface area contributed by atoms with Crippen molar-refractivity contribution < 1.29 is 9.47 Å². The van der Waals surface area contributed by atoms with E-state index >= 15 is 0 Å². The summed E-state index contributed by atoms with van der Waals surface area (Å²) in [6.07, 6.45) is 3.19. The van der Waals surface area contributed by atoms with Crippen LogP contribution in [0, 0.1) is 0 Å². The Labute approximate surface area is 116 Å². The molecule has 0 unspecified atom stereocenters. The molecule has 0 aliphatic carbocycles. The number of hydrogen-bond acceptors (Lipinski definition) is 5. The summed E-state index contributed by atoms with van der Waals surface area (Å²) in [5, 5.41) is 0.860. The molecule has 3 aromatic rings. The normalized spacial score (nSPS) is 10.5. The first-order chi connectivity index (χ1) is 9.83. The lowest BCUT2D eigenvalue weighted by Gasteiger charge is -2.09. The minimum Gasteiger partial charge on any atom is -0.481 e. The van der Waals surface area contributed by atoms with Gasteiger partial charge in [-0.2, -0.15) is 0 Å². The van der Waals surface area contributed by atoms with Gasteiger partial charge in [0.15, 0.2) is 0 Å². The van der Waals surface area contributed by atoms with Crippen LogP contribution in [0.5, 0.6) is 11.8 Å². The van der Waals surface area contributed by atoms with Gasteiger partial charge in [0.25, 0.3) is 0 Å². The molecule has 3 rings (SSSR count). The van der Waals surface area contributed by atoms with Gasteiger partial charge in [-0.05, 0) is 29.8 Å². The number of ether oxygens (including phenoxy) is 2. The second kappa shape index (κ2) is 5.13. The summed E-state index contributed by atoms with van der Waals surface area (Å²) in [6, 6.07) is 9.73. The van der Waals surface area contributed by atoms with Crippen LogP contribution in [0.25, 0.3) is 22.0 Å². The molecule has 0 saturated carbocycles.